The molecule has 528 valence electrons. The van der Waals surface area contributed by atoms with Gasteiger partial charge in [0.25, 0.3) is 17.7 Å². The Morgan fingerprint density at radius 1 is 0.402 bits per heavy atom. The SMILES string of the molecule is CCCS(=O)(=O)Nc1ccc(F)c(C(=O)Nc2cnc3[nH]c(-c4cccc(Cl)c4)cc3c2)c1F.CCCS(=O)(=O)Nc1ccc(F)c(C(=O)Nc2cnc3[nH]c(-c4cccc(F)c4)cc3c2)c1F.CCCS(=O)(=O)Nc1ccc(F)c(C(=O)Nc2cnc3[nH]c(-c4ccccc4F)cc3c2)c1F. The molecule has 21 nitrogen and oxygen atoms in total. The number of amides is 3. The Labute approximate surface area is 581 Å². The number of aromatic amines is 3. The Bertz CT molecular complexity index is 5370. The van der Waals surface area contributed by atoms with Gasteiger partial charge in [0.15, 0.2) is 17.5 Å². The lowest BCUT2D eigenvalue weighted by molar-refractivity contribution is 0.101. The second kappa shape index (κ2) is 31.1. The Hall–Kier alpha value is -11.2. The summed E-state index contributed by atoms with van der Waals surface area (Å²) in [4.78, 5) is 59.7. The molecule has 0 aliphatic carbocycles. The largest absolute Gasteiger partial charge is 0.339 e. The van der Waals surface area contributed by atoms with E-state index in [0.29, 0.717) is 79.9 Å². The first-order valence-electron chi connectivity index (χ1n) is 30.6. The highest BCUT2D eigenvalue weighted by Crippen LogP contribution is 2.33. The lowest BCUT2D eigenvalue weighted by Crippen LogP contribution is -2.20. The van der Waals surface area contributed by atoms with Crippen molar-refractivity contribution < 1.29 is 74.8 Å². The minimum Gasteiger partial charge on any atom is -0.339 e. The van der Waals surface area contributed by atoms with Crippen LogP contribution in [0.25, 0.3) is 66.9 Å². The molecule has 6 aromatic carbocycles. The van der Waals surface area contributed by atoms with Crippen LogP contribution in [0, 0.1) is 46.5 Å². The van der Waals surface area contributed by atoms with Crippen LogP contribution < -0.4 is 30.1 Å². The first kappa shape index (κ1) is 73.5. The third-order valence-corrected chi connectivity index (χ3v) is 19.5. The standard InChI is InChI=1S/C23H19ClF2N4O3S.2C23H19F3N4O3S/c2*1-2-8-34(32,33)30-18-7-6-17(25)20(21(18)26)23(31)28-16-10-14-11-19(29-22(14)27-12-16)13-4-3-5-15(24)9-13;1-2-9-34(32,33)30-18-8-7-17(25)20(21(18)26)23(31)28-14-10-13-11-19(29-22(13)27-12-14)15-5-3-4-6-16(15)24/h2*3-7,9-12,30H,2,8H2,1H3,(H,27,29)(H,28,31);3-8,10-12,30H,2,9H2,1H3,(H,27,29)(H,28,31). The molecule has 12 rings (SSSR count). The van der Waals surface area contributed by atoms with Crippen molar-refractivity contribution in [1.82, 2.24) is 29.9 Å². The van der Waals surface area contributed by atoms with E-state index in [9.17, 15) is 74.8 Å². The summed E-state index contributed by atoms with van der Waals surface area (Å²) < 4.78 is 193. The van der Waals surface area contributed by atoms with E-state index < -0.39 is 128 Å². The number of carbonyl (C=O) groups is 3. The molecule has 6 aromatic heterocycles. The van der Waals surface area contributed by atoms with E-state index >= 15 is 0 Å². The number of benzene rings is 6. The number of carbonyl (C=O) groups excluding carboxylic acids is 3. The number of fused-ring (bicyclic) bond motifs is 3. The summed E-state index contributed by atoms with van der Waals surface area (Å²) in [7, 11) is -11.5. The van der Waals surface area contributed by atoms with Gasteiger partial charge in [-0.1, -0.05) is 68.8 Å². The maximum atomic E-state index is 14.9. The predicted molar refractivity (Wildman–Crippen MR) is 376 cm³/mol. The number of anilines is 6. The van der Waals surface area contributed by atoms with Crippen LogP contribution in [0.4, 0.5) is 69.2 Å². The summed E-state index contributed by atoms with van der Waals surface area (Å²) in [6, 6.07) is 34.2. The minimum absolute atomic E-state index is 0.132. The van der Waals surface area contributed by atoms with E-state index in [-0.39, 0.29) is 34.3 Å². The zero-order valence-corrected chi connectivity index (χ0v) is 56.7. The predicted octanol–water partition coefficient (Wildman–Crippen LogP) is 15.7. The van der Waals surface area contributed by atoms with Crippen molar-refractivity contribution in [1.29, 1.82) is 0 Å². The molecular weight excluding hydrogens is 1420 g/mol. The average Bonchev–Trinajstić information content (AvgIpc) is 1.23. The van der Waals surface area contributed by atoms with Gasteiger partial charge in [-0.2, -0.15) is 0 Å². The molecule has 3 amide bonds. The van der Waals surface area contributed by atoms with Crippen molar-refractivity contribution >= 4 is 127 Å². The molecule has 6 heterocycles. The minimum atomic E-state index is -3.85. The molecule has 33 heteroatoms. The second-order valence-electron chi connectivity index (χ2n) is 22.5. The molecule has 0 spiro atoms. The zero-order valence-electron chi connectivity index (χ0n) is 53.5. The molecular formula is C69H57ClF8N12O9S3. The number of nitrogens with one attached hydrogen (secondary N) is 9. The topological polar surface area (TPSA) is 312 Å². The fourth-order valence-electron chi connectivity index (χ4n) is 10.3. The summed E-state index contributed by atoms with van der Waals surface area (Å²) in [6.45, 7) is 4.91. The molecule has 0 saturated carbocycles. The van der Waals surface area contributed by atoms with Crippen LogP contribution in [0.2, 0.25) is 5.02 Å². The van der Waals surface area contributed by atoms with Crippen molar-refractivity contribution in [2.24, 2.45) is 0 Å². The molecule has 9 N–H and O–H groups in total. The van der Waals surface area contributed by atoms with Gasteiger partial charge in [-0.15, -0.1) is 0 Å². The van der Waals surface area contributed by atoms with Crippen LogP contribution in [0.15, 0.2) is 164 Å². The third-order valence-electron chi connectivity index (χ3n) is 14.8. The first-order chi connectivity index (χ1) is 48.5. The van der Waals surface area contributed by atoms with Gasteiger partial charge in [-0.3, -0.25) is 28.5 Å². The van der Waals surface area contributed by atoms with Gasteiger partial charge in [0.1, 0.15) is 62.7 Å². The summed E-state index contributed by atoms with van der Waals surface area (Å²) in [5.74, 6) is -12.4. The second-order valence-corrected chi connectivity index (χ2v) is 28.5. The lowest BCUT2D eigenvalue weighted by Gasteiger charge is -2.12. The molecule has 0 aliphatic heterocycles. The first-order valence-corrected chi connectivity index (χ1v) is 36.0. The van der Waals surface area contributed by atoms with Gasteiger partial charge < -0.3 is 30.9 Å². The number of hydrogen-bond donors (Lipinski definition) is 9. The fraction of sp³-hybridized carbons (Fsp3) is 0.130. The average molecular weight is 1480 g/mol. The normalized spacial score (nSPS) is 11.5. The Balaban J connectivity index is 0.000000165. The van der Waals surface area contributed by atoms with E-state index in [1.807, 2.05) is 26.3 Å². The number of rotatable bonds is 21. The van der Waals surface area contributed by atoms with Crippen LogP contribution in [0.1, 0.15) is 71.1 Å². The van der Waals surface area contributed by atoms with Crippen LogP contribution in [0.3, 0.4) is 0 Å². The van der Waals surface area contributed by atoms with E-state index in [1.54, 1.807) is 87.5 Å². The van der Waals surface area contributed by atoms with E-state index in [2.05, 4.69) is 45.9 Å². The van der Waals surface area contributed by atoms with Crippen molar-refractivity contribution in [3.8, 4) is 33.8 Å². The van der Waals surface area contributed by atoms with Crippen molar-refractivity contribution in [2.45, 2.75) is 40.0 Å². The Morgan fingerprint density at radius 2 is 0.755 bits per heavy atom. The monoisotopic (exact) mass is 1480 g/mol. The van der Waals surface area contributed by atoms with Crippen molar-refractivity contribution in [3.63, 3.8) is 0 Å². The smallest absolute Gasteiger partial charge is 0.261 e. The fourth-order valence-corrected chi connectivity index (χ4v) is 13.8. The molecule has 0 atom stereocenters. The molecule has 0 fully saturated rings. The highest BCUT2D eigenvalue weighted by atomic mass is 35.5. The summed E-state index contributed by atoms with van der Waals surface area (Å²) in [5, 5.41) is 9.46. The molecule has 0 aliphatic rings. The quantitative estimate of drug-likeness (QED) is 0.0303. The number of halogens is 9. The van der Waals surface area contributed by atoms with E-state index in [1.165, 1.54) is 48.9 Å². The summed E-state index contributed by atoms with van der Waals surface area (Å²) in [5.41, 5.74) is 1.10. The summed E-state index contributed by atoms with van der Waals surface area (Å²) >= 11 is 6.05. The van der Waals surface area contributed by atoms with Gasteiger partial charge in [0.05, 0.1) is 75.7 Å². The van der Waals surface area contributed by atoms with Crippen molar-refractivity contribution in [2.75, 3.05) is 47.4 Å². The van der Waals surface area contributed by atoms with E-state index in [4.69, 9.17) is 11.6 Å². The number of nitrogens with zero attached hydrogens (tertiary/aromatic N) is 3. The van der Waals surface area contributed by atoms with Gasteiger partial charge in [-0.25, -0.2) is 75.3 Å². The maximum Gasteiger partial charge on any atom is 0.261 e. The lowest BCUT2D eigenvalue weighted by atomic mass is 10.1. The number of sulfonamides is 3. The van der Waals surface area contributed by atoms with E-state index in [0.717, 1.165) is 47.7 Å². The maximum absolute atomic E-state index is 14.9. The third kappa shape index (κ3) is 17.7. The highest BCUT2D eigenvalue weighted by Gasteiger charge is 2.27. The van der Waals surface area contributed by atoms with Gasteiger partial charge >= 0.3 is 0 Å². The number of H-pyrrole nitrogens is 3. The molecule has 12 aromatic rings. The van der Waals surface area contributed by atoms with Crippen LogP contribution in [-0.4, -0.2) is 90.1 Å². The molecule has 0 bridgehead atoms. The molecule has 0 unspecified atom stereocenters. The Kier molecular flexibility index (Phi) is 22.4. The highest BCUT2D eigenvalue weighted by molar-refractivity contribution is 7.93. The number of hydrogen-bond acceptors (Lipinski definition) is 12. The molecule has 0 saturated heterocycles. The van der Waals surface area contributed by atoms with Crippen molar-refractivity contribution in [3.05, 3.63) is 232 Å². The van der Waals surface area contributed by atoms with Crippen LogP contribution in [0.5, 0.6) is 0 Å². The van der Waals surface area contributed by atoms with Crippen LogP contribution >= 0.6 is 11.6 Å². The van der Waals surface area contributed by atoms with Crippen LogP contribution in [-0.2, 0) is 30.1 Å². The molecule has 102 heavy (non-hydrogen) atoms. The number of pyridine rings is 3. The van der Waals surface area contributed by atoms with Gasteiger partial charge in [0.2, 0.25) is 30.1 Å². The zero-order chi connectivity index (χ0) is 73.4. The Morgan fingerprint density at radius 3 is 1.12 bits per heavy atom. The van der Waals surface area contributed by atoms with Gasteiger partial charge in [0, 0.05) is 43.7 Å². The molecule has 0 radical (unpaired) electrons. The van der Waals surface area contributed by atoms with Gasteiger partial charge in [-0.05, 0) is 134 Å². The summed E-state index contributed by atoms with van der Waals surface area (Å²) in [6.07, 6.45) is 4.78. The number of aromatic nitrogens is 6.